The molecule has 0 heterocycles. The molecular weight excluding hydrogens is 204 g/mol. The van der Waals surface area contributed by atoms with Crippen molar-refractivity contribution in [2.24, 2.45) is 0 Å². The third-order valence-corrected chi connectivity index (χ3v) is 1.74. The van der Waals surface area contributed by atoms with E-state index in [0.29, 0.717) is 0 Å². The number of carboxylic acid groups (broad SMARTS) is 1. The lowest BCUT2D eigenvalue weighted by Gasteiger charge is -2.14. The molecule has 7 nitrogen and oxygen atoms in total. The average molecular weight is 220 g/mol. The number of aliphatic hydroxyl groups is 1. The van der Waals surface area contributed by atoms with Crippen LogP contribution in [-0.2, 0) is 9.53 Å². The summed E-state index contributed by atoms with van der Waals surface area (Å²) in [5.74, 6) is -1.28. The van der Waals surface area contributed by atoms with Crippen molar-refractivity contribution in [1.82, 2.24) is 10.6 Å². The Balaban J connectivity index is 3.86. The van der Waals surface area contributed by atoms with Crippen molar-refractivity contribution in [2.75, 3.05) is 20.3 Å². The maximum atomic E-state index is 11.1. The van der Waals surface area contributed by atoms with E-state index in [1.54, 1.807) is 6.92 Å². The third-order valence-electron chi connectivity index (χ3n) is 1.74. The number of amides is 2. The first-order valence-corrected chi connectivity index (χ1v) is 4.42. The van der Waals surface area contributed by atoms with E-state index in [2.05, 4.69) is 10.6 Å². The number of urea groups is 1. The molecule has 0 radical (unpaired) electrons. The maximum Gasteiger partial charge on any atom is 0.328 e. The molecule has 88 valence electrons. The number of hydrogen-bond donors (Lipinski definition) is 4. The number of nitrogens with one attached hydrogen (secondary N) is 2. The second-order valence-corrected chi connectivity index (χ2v) is 2.97. The fourth-order valence-corrected chi connectivity index (χ4v) is 0.715. The highest BCUT2D eigenvalue weighted by atomic mass is 16.5. The van der Waals surface area contributed by atoms with Gasteiger partial charge in [-0.1, -0.05) is 0 Å². The predicted molar refractivity (Wildman–Crippen MR) is 51.5 cm³/mol. The van der Waals surface area contributed by atoms with Gasteiger partial charge < -0.3 is 25.6 Å². The Labute approximate surface area is 87.4 Å². The lowest BCUT2D eigenvalue weighted by atomic mass is 10.3. The van der Waals surface area contributed by atoms with Crippen molar-refractivity contribution in [3.8, 4) is 0 Å². The van der Waals surface area contributed by atoms with Gasteiger partial charge in [0.25, 0.3) is 0 Å². The molecule has 0 bridgehead atoms. The normalized spacial score (nSPS) is 14.1. The minimum atomic E-state index is -1.29. The van der Waals surface area contributed by atoms with Crippen LogP contribution in [0.15, 0.2) is 0 Å². The van der Waals surface area contributed by atoms with Crippen LogP contribution in [0.4, 0.5) is 4.79 Å². The van der Waals surface area contributed by atoms with Crippen LogP contribution in [0.1, 0.15) is 6.92 Å². The van der Waals surface area contributed by atoms with Gasteiger partial charge in [-0.3, -0.25) is 0 Å². The summed E-state index contributed by atoms with van der Waals surface area (Å²) < 4.78 is 4.87. The molecule has 0 aromatic rings. The number of carboxylic acids is 1. The molecule has 0 fully saturated rings. The molecule has 0 aliphatic carbocycles. The van der Waals surface area contributed by atoms with Crippen LogP contribution in [0, 0.1) is 0 Å². The molecule has 0 aromatic heterocycles. The van der Waals surface area contributed by atoms with Crippen molar-refractivity contribution in [1.29, 1.82) is 0 Å². The molecule has 0 saturated heterocycles. The number of rotatable bonds is 6. The molecule has 15 heavy (non-hydrogen) atoms. The van der Waals surface area contributed by atoms with Crippen LogP contribution < -0.4 is 10.6 Å². The molecule has 2 atom stereocenters. The Morgan fingerprint density at radius 2 is 2.07 bits per heavy atom. The standard InChI is InChI=1S/C8H16N2O5/c1-5(15-2)3-9-8(14)10-6(4-11)7(12)13/h5-6,11H,3-4H2,1-2H3,(H,12,13)(H2,9,10,14). The summed E-state index contributed by atoms with van der Waals surface area (Å²) in [6.45, 7) is 1.36. The zero-order chi connectivity index (χ0) is 11.8. The number of aliphatic carboxylic acids is 1. The second-order valence-electron chi connectivity index (χ2n) is 2.97. The van der Waals surface area contributed by atoms with Crippen LogP contribution in [0.3, 0.4) is 0 Å². The van der Waals surface area contributed by atoms with Gasteiger partial charge in [-0.2, -0.15) is 0 Å². The quantitative estimate of drug-likeness (QED) is 0.448. The highest BCUT2D eigenvalue weighted by molar-refractivity contribution is 5.82. The van der Waals surface area contributed by atoms with Gasteiger partial charge in [-0.05, 0) is 6.92 Å². The Hall–Kier alpha value is -1.34. The van der Waals surface area contributed by atoms with Crippen LogP contribution >= 0.6 is 0 Å². The van der Waals surface area contributed by atoms with Gasteiger partial charge in [0.2, 0.25) is 0 Å². The van der Waals surface area contributed by atoms with Gasteiger partial charge in [0.1, 0.15) is 0 Å². The first kappa shape index (κ1) is 13.7. The number of methoxy groups -OCH3 is 1. The highest BCUT2D eigenvalue weighted by Gasteiger charge is 2.18. The van der Waals surface area contributed by atoms with E-state index in [9.17, 15) is 9.59 Å². The van der Waals surface area contributed by atoms with E-state index < -0.39 is 24.6 Å². The number of hydrogen-bond acceptors (Lipinski definition) is 4. The highest BCUT2D eigenvalue weighted by Crippen LogP contribution is 1.85. The van der Waals surface area contributed by atoms with Crippen LogP contribution in [0.25, 0.3) is 0 Å². The summed E-state index contributed by atoms with van der Waals surface area (Å²) in [5, 5.41) is 21.6. The van der Waals surface area contributed by atoms with Crippen molar-refractivity contribution in [3.05, 3.63) is 0 Å². The summed E-state index contributed by atoms with van der Waals surface area (Å²) in [6.07, 6.45) is -0.159. The van der Waals surface area contributed by atoms with Crippen molar-refractivity contribution in [3.63, 3.8) is 0 Å². The Kier molecular flexibility index (Phi) is 6.39. The Morgan fingerprint density at radius 3 is 2.47 bits per heavy atom. The third kappa shape index (κ3) is 5.87. The van der Waals surface area contributed by atoms with Crippen LogP contribution in [0.2, 0.25) is 0 Å². The first-order chi connectivity index (χ1) is 7.01. The monoisotopic (exact) mass is 220 g/mol. The summed E-state index contributed by atoms with van der Waals surface area (Å²) in [7, 11) is 1.50. The molecule has 0 aliphatic rings. The summed E-state index contributed by atoms with van der Waals surface area (Å²) in [5.41, 5.74) is 0. The maximum absolute atomic E-state index is 11.1. The van der Waals surface area contributed by atoms with Gasteiger partial charge in [-0.15, -0.1) is 0 Å². The Bertz CT molecular complexity index is 221. The van der Waals surface area contributed by atoms with Crippen LogP contribution in [-0.4, -0.2) is 54.6 Å². The molecular formula is C8H16N2O5. The van der Waals surface area contributed by atoms with E-state index in [-0.39, 0.29) is 12.6 Å². The van der Waals surface area contributed by atoms with E-state index in [0.717, 1.165) is 0 Å². The number of carbonyl (C=O) groups is 2. The smallest absolute Gasteiger partial charge is 0.328 e. The second kappa shape index (κ2) is 7.02. The van der Waals surface area contributed by atoms with Crippen molar-refractivity contribution in [2.45, 2.75) is 19.1 Å². The molecule has 0 aromatic carbocycles. The summed E-state index contributed by atoms with van der Waals surface area (Å²) in [4.78, 5) is 21.5. The number of ether oxygens (including phenoxy) is 1. The fourth-order valence-electron chi connectivity index (χ4n) is 0.715. The summed E-state index contributed by atoms with van der Waals surface area (Å²) >= 11 is 0. The average Bonchev–Trinajstić information content (AvgIpc) is 2.21. The fraction of sp³-hybridized carbons (Fsp3) is 0.750. The van der Waals surface area contributed by atoms with Gasteiger partial charge >= 0.3 is 12.0 Å². The molecule has 0 rings (SSSR count). The molecule has 2 unspecified atom stereocenters. The van der Waals surface area contributed by atoms with Crippen molar-refractivity contribution >= 4 is 12.0 Å². The lowest BCUT2D eigenvalue weighted by Crippen LogP contribution is -2.49. The molecule has 0 saturated carbocycles. The molecule has 4 N–H and O–H groups in total. The summed E-state index contributed by atoms with van der Waals surface area (Å²) in [6, 6.07) is -1.94. The van der Waals surface area contributed by atoms with Crippen LogP contribution in [0.5, 0.6) is 0 Å². The van der Waals surface area contributed by atoms with E-state index in [1.165, 1.54) is 7.11 Å². The van der Waals surface area contributed by atoms with E-state index in [4.69, 9.17) is 14.9 Å². The number of aliphatic hydroxyl groups excluding tert-OH is 1. The van der Waals surface area contributed by atoms with E-state index >= 15 is 0 Å². The minimum absolute atomic E-state index is 0.159. The number of carbonyl (C=O) groups excluding carboxylic acids is 1. The molecule has 0 spiro atoms. The topological polar surface area (TPSA) is 108 Å². The molecule has 2 amide bonds. The van der Waals surface area contributed by atoms with Gasteiger partial charge in [0.05, 0.1) is 12.7 Å². The van der Waals surface area contributed by atoms with Gasteiger partial charge in [-0.25, -0.2) is 9.59 Å². The van der Waals surface area contributed by atoms with Gasteiger partial charge in [0, 0.05) is 13.7 Å². The van der Waals surface area contributed by atoms with E-state index in [1.807, 2.05) is 0 Å². The lowest BCUT2D eigenvalue weighted by molar-refractivity contribution is -0.140. The minimum Gasteiger partial charge on any atom is -0.480 e. The SMILES string of the molecule is COC(C)CNC(=O)NC(CO)C(=O)O. The first-order valence-electron chi connectivity index (χ1n) is 4.42. The predicted octanol–water partition coefficient (Wildman–Crippen LogP) is -1.23. The largest absolute Gasteiger partial charge is 0.480 e. The van der Waals surface area contributed by atoms with Gasteiger partial charge in [0.15, 0.2) is 6.04 Å². The molecule has 0 aliphatic heterocycles. The zero-order valence-electron chi connectivity index (χ0n) is 8.69. The Morgan fingerprint density at radius 1 is 1.47 bits per heavy atom. The van der Waals surface area contributed by atoms with Crippen molar-refractivity contribution < 1.29 is 24.5 Å². The zero-order valence-corrected chi connectivity index (χ0v) is 8.69. The molecule has 7 heteroatoms.